The predicted octanol–water partition coefficient (Wildman–Crippen LogP) is 3.63. The summed E-state index contributed by atoms with van der Waals surface area (Å²) < 4.78 is 7.51. The van der Waals surface area contributed by atoms with Gasteiger partial charge in [0, 0.05) is 25.1 Å². The minimum Gasteiger partial charge on any atom is -0.497 e. The molecule has 1 heterocycles. The molecule has 0 unspecified atom stereocenters. The number of ether oxygens (including phenoxy) is 1. The van der Waals surface area contributed by atoms with Crippen LogP contribution in [-0.4, -0.2) is 27.8 Å². The van der Waals surface area contributed by atoms with Crippen molar-refractivity contribution in [1.29, 1.82) is 0 Å². The first-order valence-electron chi connectivity index (χ1n) is 8.68. The lowest BCUT2D eigenvalue weighted by molar-refractivity contribution is -0.121. The first-order chi connectivity index (χ1) is 13.1. The van der Waals surface area contributed by atoms with E-state index in [0.29, 0.717) is 30.1 Å². The van der Waals surface area contributed by atoms with Gasteiger partial charge in [0.05, 0.1) is 7.11 Å². The fourth-order valence-electron chi connectivity index (χ4n) is 2.81. The molecule has 2 aromatic carbocycles. The molecule has 0 aliphatic rings. The minimum absolute atomic E-state index is 0.0275. The van der Waals surface area contributed by atoms with E-state index in [9.17, 15) is 4.79 Å². The van der Waals surface area contributed by atoms with Crippen molar-refractivity contribution in [2.45, 2.75) is 26.4 Å². The summed E-state index contributed by atoms with van der Waals surface area (Å²) in [7, 11) is 1.63. The maximum Gasteiger partial charge on any atom is 0.222 e. The van der Waals surface area contributed by atoms with Crippen LogP contribution in [0.15, 0.2) is 48.5 Å². The summed E-state index contributed by atoms with van der Waals surface area (Å²) in [5, 5.41) is 10.0. The van der Waals surface area contributed by atoms with Gasteiger partial charge in [-0.25, -0.2) is 0 Å². The van der Waals surface area contributed by atoms with E-state index in [0.717, 1.165) is 16.9 Å². The Hall–Kier alpha value is -2.93. The van der Waals surface area contributed by atoms with Crippen molar-refractivity contribution in [2.24, 2.45) is 0 Å². The van der Waals surface area contributed by atoms with Crippen LogP contribution in [0.2, 0.25) is 0 Å². The Morgan fingerprint density at radius 2 is 2.04 bits per heavy atom. The monoisotopic (exact) mass is 382 g/mol. The highest BCUT2D eigenvalue weighted by Gasteiger charge is 2.11. The van der Waals surface area contributed by atoms with Crippen LogP contribution in [0.4, 0.5) is 0 Å². The topological polar surface area (TPSA) is 71.9 Å². The van der Waals surface area contributed by atoms with Crippen LogP contribution in [0.3, 0.4) is 0 Å². The molecule has 1 amide bonds. The van der Waals surface area contributed by atoms with Crippen molar-refractivity contribution >= 4 is 18.1 Å². The van der Waals surface area contributed by atoms with Gasteiger partial charge in [0.1, 0.15) is 5.75 Å². The zero-order valence-corrected chi connectivity index (χ0v) is 16.2. The van der Waals surface area contributed by atoms with E-state index in [1.807, 2.05) is 54.0 Å². The van der Waals surface area contributed by atoms with Crippen molar-refractivity contribution in [3.05, 3.63) is 64.4 Å². The number of amides is 1. The number of aromatic amines is 1. The summed E-state index contributed by atoms with van der Waals surface area (Å²) >= 11 is 5.32. The van der Waals surface area contributed by atoms with Crippen LogP contribution in [0.5, 0.6) is 5.75 Å². The normalized spacial score (nSPS) is 10.6. The quantitative estimate of drug-likeness (QED) is 0.612. The standard InChI is InChI=1S/C20H22N4O2S/c1-14-4-3-5-15(12-14)13-21-18(25)10-11-24-19(22-23-20(24)27)16-6-8-17(26-2)9-7-16/h3-9,12H,10-11,13H2,1-2H3,(H,21,25)(H,23,27). The molecule has 1 aromatic heterocycles. The van der Waals surface area contributed by atoms with Gasteiger partial charge in [-0.2, -0.15) is 5.10 Å². The second-order valence-electron chi connectivity index (χ2n) is 6.25. The number of methoxy groups -OCH3 is 1. The molecule has 0 radical (unpaired) electrons. The lowest BCUT2D eigenvalue weighted by Crippen LogP contribution is -2.24. The third-order valence-corrected chi connectivity index (χ3v) is 4.55. The SMILES string of the molecule is COc1ccc(-c2n[nH]c(=S)n2CCC(=O)NCc2cccc(C)c2)cc1. The van der Waals surface area contributed by atoms with E-state index in [1.54, 1.807) is 7.11 Å². The molecular formula is C20H22N4O2S. The number of H-pyrrole nitrogens is 1. The maximum atomic E-state index is 12.2. The highest BCUT2D eigenvalue weighted by molar-refractivity contribution is 7.71. The van der Waals surface area contributed by atoms with E-state index in [4.69, 9.17) is 17.0 Å². The second-order valence-corrected chi connectivity index (χ2v) is 6.63. The molecule has 0 saturated carbocycles. The lowest BCUT2D eigenvalue weighted by Gasteiger charge is -2.09. The highest BCUT2D eigenvalue weighted by Crippen LogP contribution is 2.21. The van der Waals surface area contributed by atoms with Crippen LogP contribution >= 0.6 is 12.2 Å². The number of rotatable bonds is 7. The number of nitrogens with zero attached hydrogens (tertiary/aromatic N) is 2. The predicted molar refractivity (Wildman–Crippen MR) is 107 cm³/mol. The van der Waals surface area contributed by atoms with Crippen molar-refractivity contribution < 1.29 is 9.53 Å². The fourth-order valence-corrected chi connectivity index (χ4v) is 3.03. The molecule has 0 fully saturated rings. The highest BCUT2D eigenvalue weighted by atomic mass is 32.1. The summed E-state index contributed by atoms with van der Waals surface area (Å²) in [6.45, 7) is 3.01. The Morgan fingerprint density at radius 3 is 2.74 bits per heavy atom. The minimum atomic E-state index is -0.0275. The number of nitrogens with one attached hydrogen (secondary N) is 2. The molecule has 27 heavy (non-hydrogen) atoms. The third-order valence-electron chi connectivity index (χ3n) is 4.24. The molecule has 140 valence electrons. The number of hydrogen-bond donors (Lipinski definition) is 2. The summed E-state index contributed by atoms with van der Waals surface area (Å²) in [5.74, 6) is 1.45. The van der Waals surface area contributed by atoms with E-state index in [-0.39, 0.29) is 5.91 Å². The Labute approximate surface area is 163 Å². The fraction of sp³-hybridized carbons (Fsp3) is 0.250. The third kappa shape index (κ3) is 4.83. The van der Waals surface area contributed by atoms with E-state index in [1.165, 1.54) is 5.56 Å². The summed E-state index contributed by atoms with van der Waals surface area (Å²) in [4.78, 5) is 12.2. The van der Waals surface area contributed by atoms with Crippen LogP contribution < -0.4 is 10.1 Å². The van der Waals surface area contributed by atoms with Gasteiger partial charge in [-0.1, -0.05) is 29.8 Å². The Kier molecular flexibility index (Phi) is 6.03. The van der Waals surface area contributed by atoms with Gasteiger partial charge in [0.25, 0.3) is 0 Å². The number of aryl methyl sites for hydroxylation is 1. The molecule has 0 bridgehead atoms. The van der Waals surface area contributed by atoms with Crippen molar-refractivity contribution in [3.8, 4) is 17.1 Å². The molecule has 2 N–H and O–H groups in total. The zero-order chi connectivity index (χ0) is 19.2. The number of aromatic nitrogens is 3. The van der Waals surface area contributed by atoms with Gasteiger partial charge in [-0.15, -0.1) is 0 Å². The average Bonchev–Trinajstić information content (AvgIpc) is 3.05. The number of carbonyl (C=O) groups excluding carboxylic acids is 1. The largest absolute Gasteiger partial charge is 0.497 e. The number of carbonyl (C=O) groups is 1. The molecule has 0 aliphatic carbocycles. The average molecular weight is 382 g/mol. The van der Waals surface area contributed by atoms with E-state index >= 15 is 0 Å². The molecule has 6 nitrogen and oxygen atoms in total. The second kappa shape index (κ2) is 8.64. The number of hydrogen-bond acceptors (Lipinski definition) is 4. The summed E-state index contributed by atoms with van der Waals surface area (Å²) in [5.41, 5.74) is 3.17. The molecule has 0 saturated heterocycles. The smallest absolute Gasteiger partial charge is 0.222 e. The van der Waals surface area contributed by atoms with Crippen LogP contribution in [0.25, 0.3) is 11.4 Å². The van der Waals surface area contributed by atoms with Crippen LogP contribution in [0.1, 0.15) is 17.5 Å². The van der Waals surface area contributed by atoms with Crippen molar-refractivity contribution in [3.63, 3.8) is 0 Å². The maximum absolute atomic E-state index is 12.2. The van der Waals surface area contributed by atoms with Crippen molar-refractivity contribution in [1.82, 2.24) is 20.1 Å². The number of benzene rings is 2. The van der Waals surface area contributed by atoms with Gasteiger partial charge >= 0.3 is 0 Å². The van der Waals surface area contributed by atoms with Gasteiger partial charge in [-0.3, -0.25) is 14.5 Å². The first-order valence-corrected chi connectivity index (χ1v) is 9.09. The Morgan fingerprint density at radius 1 is 1.26 bits per heavy atom. The molecule has 3 aromatic rings. The van der Waals surface area contributed by atoms with Gasteiger partial charge in [-0.05, 0) is 49.0 Å². The lowest BCUT2D eigenvalue weighted by atomic mass is 10.1. The Balaban J connectivity index is 1.63. The molecular weight excluding hydrogens is 360 g/mol. The molecule has 0 spiro atoms. The summed E-state index contributed by atoms with van der Waals surface area (Å²) in [6.07, 6.45) is 0.322. The van der Waals surface area contributed by atoms with Gasteiger partial charge < -0.3 is 10.1 Å². The van der Waals surface area contributed by atoms with E-state index in [2.05, 4.69) is 21.6 Å². The molecule has 0 aliphatic heterocycles. The van der Waals surface area contributed by atoms with Gasteiger partial charge in [0.15, 0.2) is 10.6 Å². The van der Waals surface area contributed by atoms with Crippen LogP contribution in [0, 0.1) is 11.7 Å². The molecule has 0 atom stereocenters. The Bertz CT molecular complexity index is 976. The van der Waals surface area contributed by atoms with E-state index < -0.39 is 0 Å². The molecule has 3 rings (SSSR count). The molecule has 7 heteroatoms. The zero-order valence-electron chi connectivity index (χ0n) is 15.4. The van der Waals surface area contributed by atoms with Crippen LogP contribution in [-0.2, 0) is 17.9 Å². The summed E-state index contributed by atoms with van der Waals surface area (Å²) in [6, 6.07) is 15.7. The van der Waals surface area contributed by atoms with Gasteiger partial charge in [0.2, 0.25) is 5.91 Å². The van der Waals surface area contributed by atoms with Crippen molar-refractivity contribution in [2.75, 3.05) is 7.11 Å². The first kappa shape index (κ1) is 18.8.